The highest BCUT2D eigenvalue weighted by atomic mass is 32.2. The van der Waals surface area contributed by atoms with Gasteiger partial charge >= 0.3 is 0 Å². The summed E-state index contributed by atoms with van der Waals surface area (Å²) in [5, 5.41) is 3.26. The Morgan fingerprint density at radius 3 is 2.61 bits per heavy atom. The molecule has 0 aromatic heterocycles. The highest BCUT2D eigenvalue weighted by molar-refractivity contribution is 7.88. The van der Waals surface area contributed by atoms with Gasteiger partial charge in [-0.1, -0.05) is 13.8 Å². The quantitative estimate of drug-likeness (QED) is 0.803. The fourth-order valence-electron chi connectivity index (χ4n) is 2.96. The van der Waals surface area contributed by atoms with Crippen LogP contribution in [0.4, 0.5) is 0 Å². The molecule has 0 aromatic rings. The van der Waals surface area contributed by atoms with Crippen molar-refractivity contribution in [3.8, 4) is 0 Å². The molecule has 1 aliphatic heterocycles. The Balaban J connectivity index is 2.62. The molecule has 0 bridgehead atoms. The van der Waals surface area contributed by atoms with Crippen LogP contribution in [-0.2, 0) is 10.0 Å². The summed E-state index contributed by atoms with van der Waals surface area (Å²) in [5.74, 6) is 0.506. The normalized spacial score (nSPS) is 25.9. The van der Waals surface area contributed by atoms with Crippen LogP contribution >= 0.6 is 0 Å². The first-order chi connectivity index (χ1) is 8.30. The number of rotatable bonds is 6. The summed E-state index contributed by atoms with van der Waals surface area (Å²) in [6.45, 7) is 6.92. The number of sulfonamides is 1. The third-order valence-electron chi connectivity index (χ3n) is 4.19. The van der Waals surface area contributed by atoms with E-state index in [-0.39, 0.29) is 5.41 Å². The summed E-state index contributed by atoms with van der Waals surface area (Å²) in [4.78, 5) is 0. The fourth-order valence-corrected chi connectivity index (χ4v) is 3.90. The zero-order chi connectivity index (χ0) is 13.8. The third-order valence-corrected chi connectivity index (χ3v) is 5.46. The lowest BCUT2D eigenvalue weighted by Crippen LogP contribution is -2.42. The van der Waals surface area contributed by atoms with Gasteiger partial charge in [0.2, 0.25) is 10.0 Å². The molecule has 1 fully saturated rings. The van der Waals surface area contributed by atoms with Gasteiger partial charge in [-0.2, -0.15) is 0 Å². The molecule has 0 radical (unpaired) electrons. The molecule has 1 saturated heterocycles. The van der Waals surface area contributed by atoms with Gasteiger partial charge in [0.15, 0.2) is 0 Å². The Morgan fingerprint density at radius 1 is 1.44 bits per heavy atom. The molecule has 108 valence electrons. The van der Waals surface area contributed by atoms with Crippen LogP contribution in [0.15, 0.2) is 0 Å². The van der Waals surface area contributed by atoms with Crippen molar-refractivity contribution in [2.45, 2.75) is 39.5 Å². The van der Waals surface area contributed by atoms with Crippen molar-refractivity contribution in [1.29, 1.82) is 0 Å². The summed E-state index contributed by atoms with van der Waals surface area (Å²) in [6.07, 6.45) is 5.71. The second kappa shape index (κ2) is 6.35. The van der Waals surface area contributed by atoms with Crippen LogP contribution in [0.3, 0.4) is 0 Å². The zero-order valence-electron chi connectivity index (χ0n) is 12.2. The second-order valence-electron chi connectivity index (χ2n) is 6.03. The van der Waals surface area contributed by atoms with Gasteiger partial charge in [-0.3, -0.25) is 0 Å². The van der Waals surface area contributed by atoms with E-state index in [2.05, 4.69) is 19.2 Å². The van der Waals surface area contributed by atoms with E-state index >= 15 is 0 Å². The minimum absolute atomic E-state index is 0.278. The first-order valence-electron chi connectivity index (χ1n) is 6.90. The van der Waals surface area contributed by atoms with Crippen LogP contribution in [0.25, 0.3) is 0 Å². The fraction of sp³-hybridized carbons (Fsp3) is 1.00. The first-order valence-corrected chi connectivity index (χ1v) is 8.75. The molecule has 5 heteroatoms. The molecule has 4 nitrogen and oxygen atoms in total. The van der Waals surface area contributed by atoms with E-state index in [1.54, 1.807) is 4.31 Å². The van der Waals surface area contributed by atoms with Crippen LogP contribution in [0.5, 0.6) is 0 Å². The summed E-state index contributed by atoms with van der Waals surface area (Å²) < 4.78 is 24.9. The standard InChI is InChI=1S/C13H28N2O2S/c1-5-13(2,11-14-3)9-12-7-6-8-15(10-12)18(4,16)17/h12,14H,5-11H2,1-4H3. The van der Waals surface area contributed by atoms with Gasteiger partial charge in [0.1, 0.15) is 0 Å². The van der Waals surface area contributed by atoms with Gasteiger partial charge in [-0.15, -0.1) is 0 Å². The molecule has 0 saturated carbocycles. The van der Waals surface area contributed by atoms with E-state index in [0.717, 1.165) is 32.2 Å². The van der Waals surface area contributed by atoms with Crippen molar-refractivity contribution in [2.75, 3.05) is 32.9 Å². The maximum atomic E-state index is 11.6. The van der Waals surface area contributed by atoms with Gasteiger partial charge in [0.25, 0.3) is 0 Å². The molecule has 0 spiro atoms. The summed E-state index contributed by atoms with van der Waals surface area (Å²) in [6, 6.07) is 0. The molecular weight excluding hydrogens is 248 g/mol. The Bertz CT molecular complexity index is 356. The highest BCUT2D eigenvalue weighted by Gasteiger charge is 2.31. The number of hydrogen-bond acceptors (Lipinski definition) is 3. The Morgan fingerprint density at radius 2 is 2.11 bits per heavy atom. The summed E-state index contributed by atoms with van der Waals surface area (Å²) in [5.41, 5.74) is 0.278. The van der Waals surface area contributed by atoms with Crippen molar-refractivity contribution >= 4 is 10.0 Å². The molecule has 1 rings (SSSR count). The molecule has 0 aromatic carbocycles. The van der Waals surface area contributed by atoms with Crippen molar-refractivity contribution < 1.29 is 8.42 Å². The highest BCUT2D eigenvalue weighted by Crippen LogP contribution is 2.33. The number of nitrogens with zero attached hydrogens (tertiary/aromatic N) is 1. The zero-order valence-corrected chi connectivity index (χ0v) is 13.0. The van der Waals surface area contributed by atoms with Crippen molar-refractivity contribution in [3.63, 3.8) is 0 Å². The number of piperidine rings is 1. The van der Waals surface area contributed by atoms with Crippen molar-refractivity contribution in [3.05, 3.63) is 0 Å². The van der Waals surface area contributed by atoms with Gasteiger partial charge in [0.05, 0.1) is 6.26 Å². The second-order valence-corrected chi connectivity index (χ2v) is 8.01. The van der Waals surface area contributed by atoms with E-state index in [4.69, 9.17) is 0 Å². The van der Waals surface area contributed by atoms with E-state index in [9.17, 15) is 8.42 Å². The van der Waals surface area contributed by atoms with Crippen LogP contribution in [0.2, 0.25) is 0 Å². The van der Waals surface area contributed by atoms with E-state index in [0.29, 0.717) is 19.0 Å². The number of nitrogens with one attached hydrogen (secondary N) is 1. The Hall–Kier alpha value is -0.130. The largest absolute Gasteiger partial charge is 0.319 e. The lowest BCUT2D eigenvalue weighted by Gasteiger charge is -2.37. The summed E-state index contributed by atoms with van der Waals surface area (Å²) >= 11 is 0. The minimum Gasteiger partial charge on any atom is -0.319 e. The SMILES string of the molecule is CCC(C)(CNC)CC1CCCN(S(C)(=O)=O)C1. The average molecular weight is 276 g/mol. The van der Waals surface area contributed by atoms with Gasteiger partial charge < -0.3 is 5.32 Å². The molecule has 1 N–H and O–H groups in total. The molecule has 0 amide bonds. The van der Waals surface area contributed by atoms with Crippen LogP contribution < -0.4 is 5.32 Å². The molecule has 2 unspecified atom stereocenters. The van der Waals surface area contributed by atoms with Crippen LogP contribution in [-0.4, -0.2) is 45.7 Å². The van der Waals surface area contributed by atoms with Crippen LogP contribution in [0, 0.1) is 11.3 Å². The van der Waals surface area contributed by atoms with Crippen LogP contribution in [0.1, 0.15) is 39.5 Å². The lowest BCUT2D eigenvalue weighted by molar-refractivity contribution is 0.170. The van der Waals surface area contributed by atoms with Gasteiger partial charge in [-0.05, 0) is 44.1 Å². The average Bonchev–Trinajstić information content (AvgIpc) is 2.28. The van der Waals surface area contributed by atoms with Gasteiger partial charge in [0, 0.05) is 19.6 Å². The topological polar surface area (TPSA) is 49.4 Å². The maximum absolute atomic E-state index is 11.6. The molecule has 1 aliphatic rings. The van der Waals surface area contributed by atoms with Crippen molar-refractivity contribution in [2.24, 2.45) is 11.3 Å². The first kappa shape index (κ1) is 15.9. The molecular formula is C13H28N2O2S. The minimum atomic E-state index is -3.02. The van der Waals surface area contributed by atoms with Crippen molar-refractivity contribution in [1.82, 2.24) is 9.62 Å². The predicted molar refractivity (Wildman–Crippen MR) is 76.1 cm³/mol. The molecule has 1 heterocycles. The molecule has 18 heavy (non-hydrogen) atoms. The van der Waals surface area contributed by atoms with E-state index in [1.807, 2.05) is 7.05 Å². The van der Waals surface area contributed by atoms with E-state index < -0.39 is 10.0 Å². The monoisotopic (exact) mass is 276 g/mol. The lowest BCUT2D eigenvalue weighted by atomic mass is 9.76. The van der Waals surface area contributed by atoms with E-state index in [1.165, 1.54) is 6.26 Å². The van der Waals surface area contributed by atoms with Gasteiger partial charge in [-0.25, -0.2) is 12.7 Å². The number of hydrogen-bond donors (Lipinski definition) is 1. The Kier molecular flexibility index (Phi) is 5.62. The molecule has 0 aliphatic carbocycles. The Labute approximate surface area is 112 Å². The smallest absolute Gasteiger partial charge is 0.211 e. The predicted octanol–water partition coefficient (Wildman–Crippen LogP) is 1.68. The maximum Gasteiger partial charge on any atom is 0.211 e. The summed E-state index contributed by atoms with van der Waals surface area (Å²) in [7, 11) is -1.03. The molecule has 2 atom stereocenters. The third kappa shape index (κ3) is 4.52.